The summed E-state index contributed by atoms with van der Waals surface area (Å²) in [7, 11) is 4.25. The van der Waals surface area contributed by atoms with Gasteiger partial charge in [0.25, 0.3) is 0 Å². The zero-order valence-electron chi connectivity index (χ0n) is 16.7. The van der Waals surface area contributed by atoms with Crippen molar-refractivity contribution in [1.82, 2.24) is 4.90 Å². The molecule has 0 saturated heterocycles. The van der Waals surface area contributed by atoms with Gasteiger partial charge in [-0.25, -0.2) is 0 Å². The lowest BCUT2D eigenvalue weighted by Crippen LogP contribution is -2.10. The molecule has 0 N–H and O–H groups in total. The summed E-state index contributed by atoms with van der Waals surface area (Å²) >= 11 is 0. The molecule has 0 amide bonds. The Kier molecular flexibility index (Phi) is 12.8. The Labute approximate surface area is 151 Å². The summed E-state index contributed by atoms with van der Waals surface area (Å²) in [5.74, 6) is 0. The molecule has 0 radical (unpaired) electrons. The third-order valence-corrected chi connectivity index (χ3v) is 4.84. The molecule has 1 nitrogen and oxygen atoms in total. The second-order valence-electron chi connectivity index (χ2n) is 7.69. The zero-order valence-corrected chi connectivity index (χ0v) is 16.7. The van der Waals surface area contributed by atoms with E-state index in [4.69, 9.17) is 0 Å². The maximum absolute atomic E-state index is 2.32. The SMILES string of the molecule is CCCCCCCCCCCCCCc1ccc(CN(C)C)cc1. The molecule has 0 unspecified atom stereocenters. The van der Waals surface area contributed by atoms with Gasteiger partial charge < -0.3 is 4.90 Å². The number of aryl methyl sites for hydroxylation is 1. The highest BCUT2D eigenvalue weighted by Gasteiger charge is 1.98. The van der Waals surface area contributed by atoms with E-state index in [0.717, 1.165) is 6.54 Å². The van der Waals surface area contributed by atoms with Crippen LogP contribution in [0.2, 0.25) is 0 Å². The standard InChI is InChI=1S/C23H41N/c1-4-5-6-7-8-9-10-11-12-13-14-15-16-22-17-19-23(20-18-22)21-24(2)3/h17-20H,4-16,21H2,1-3H3. The number of nitrogens with zero attached hydrogens (tertiary/aromatic N) is 1. The molecule has 0 aromatic heterocycles. The number of rotatable bonds is 15. The molecule has 138 valence electrons. The van der Waals surface area contributed by atoms with Gasteiger partial charge in [0.05, 0.1) is 0 Å². The van der Waals surface area contributed by atoms with Crippen molar-refractivity contribution in [3.05, 3.63) is 35.4 Å². The van der Waals surface area contributed by atoms with E-state index in [-0.39, 0.29) is 0 Å². The first-order valence-corrected chi connectivity index (χ1v) is 10.4. The lowest BCUT2D eigenvalue weighted by molar-refractivity contribution is 0.402. The fraction of sp³-hybridized carbons (Fsp3) is 0.739. The average molecular weight is 332 g/mol. The largest absolute Gasteiger partial charge is 0.305 e. The lowest BCUT2D eigenvalue weighted by atomic mass is 10.0. The monoisotopic (exact) mass is 331 g/mol. The van der Waals surface area contributed by atoms with E-state index in [1.54, 1.807) is 0 Å². The number of hydrogen-bond acceptors (Lipinski definition) is 1. The Bertz CT molecular complexity index is 380. The molecule has 1 aromatic carbocycles. The third kappa shape index (κ3) is 11.7. The van der Waals surface area contributed by atoms with Gasteiger partial charge in [0.15, 0.2) is 0 Å². The van der Waals surface area contributed by atoms with Gasteiger partial charge in [-0.2, -0.15) is 0 Å². The molecule has 1 heteroatoms. The molecule has 24 heavy (non-hydrogen) atoms. The zero-order chi connectivity index (χ0) is 17.5. The molecule has 0 bridgehead atoms. The van der Waals surface area contributed by atoms with Crippen molar-refractivity contribution in [2.75, 3.05) is 14.1 Å². The minimum absolute atomic E-state index is 1.04. The Morgan fingerprint density at radius 1 is 0.583 bits per heavy atom. The van der Waals surface area contributed by atoms with Gasteiger partial charge in [-0.15, -0.1) is 0 Å². The van der Waals surface area contributed by atoms with Crippen LogP contribution in [0.3, 0.4) is 0 Å². The summed E-state index contributed by atoms with van der Waals surface area (Å²) in [6, 6.07) is 9.21. The normalized spacial score (nSPS) is 11.3. The molecular formula is C23H41N. The van der Waals surface area contributed by atoms with E-state index in [1.165, 1.54) is 94.6 Å². The van der Waals surface area contributed by atoms with Gasteiger partial charge in [-0.1, -0.05) is 102 Å². The van der Waals surface area contributed by atoms with Crippen molar-refractivity contribution >= 4 is 0 Å². The van der Waals surface area contributed by atoms with Crippen molar-refractivity contribution in [3.8, 4) is 0 Å². The molecule has 0 spiro atoms. The first-order valence-electron chi connectivity index (χ1n) is 10.4. The fourth-order valence-corrected chi connectivity index (χ4v) is 3.35. The van der Waals surface area contributed by atoms with E-state index in [0.29, 0.717) is 0 Å². The lowest BCUT2D eigenvalue weighted by Gasteiger charge is -2.10. The van der Waals surface area contributed by atoms with Gasteiger partial charge in [-0.3, -0.25) is 0 Å². The maximum atomic E-state index is 2.32. The molecule has 0 fully saturated rings. The van der Waals surface area contributed by atoms with Gasteiger partial charge in [0.2, 0.25) is 0 Å². The smallest absolute Gasteiger partial charge is 0.0227 e. The molecule has 1 rings (SSSR count). The van der Waals surface area contributed by atoms with Crippen LogP contribution in [0.25, 0.3) is 0 Å². The molecule has 0 aliphatic heterocycles. The van der Waals surface area contributed by atoms with Crippen LogP contribution < -0.4 is 0 Å². The highest BCUT2D eigenvalue weighted by atomic mass is 15.0. The van der Waals surface area contributed by atoms with Crippen LogP contribution in [0.1, 0.15) is 95.1 Å². The van der Waals surface area contributed by atoms with E-state index in [1.807, 2.05) is 0 Å². The number of unbranched alkanes of at least 4 members (excludes halogenated alkanes) is 11. The van der Waals surface area contributed by atoms with E-state index < -0.39 is 0 Å². The minimum Gasteiger partial charge on any atom is -0.305 e. The summed E-state index contributed by atoms with van der Waals surface area (Å²) in [6.45, 7) is 3.33. The van der Waals surface area contributed by atoms with Crippen molar-refractivity contribution < 1.29 is 0 Å². The predicted molar refractivity (Wildman–Crippen MR) is 109 cm³/mol. The first-order chi connectivity index (χ1) is 11.7. The molecule has 0 atom stereocenters. The van der Waals surface area contributed by atoms with Gasteiger partial charge in [0.1, 0.15) is 0 Å². The van der Waals surface area contributed by atoms with Gasteiger partial charge in [0, 0.05) is 6.54 Å². The van der Waals surface area contributed by atoms with Gasteiger partial charge >= 0.3 is 0 Å². The topological polar surface area (TPSA) is 3.24 Å². The third-order valence-electron chi connectivity index (χ3n) is 4.84. The molecule has 0 aliphatic carbocycles. The first kappa shape index (κ1) is 21.2. The quantitative estimate of drug-likeness (QED) is 0.313. The maximum Gasteiger partial charge on any atom is 0.0227 e. The Morgan fingerprint density at radius 3 is 1.46 bits per heavy atom. The molecule has 0 heterocycles. The van der Waals surface area contributed by atoms with E-state index in [2.05, 4.69) is 50.2 Å². The minimum atomic E-state index is 1.04. The molecule has 0 saturated carbocycles. The summed E-state index contributed by atoms with van der Waals surface area (Å²) in [4.78, 5) is 2.22. The molecule has 0 aliphatic rings. The fourth-order valence-electron chi connectivity index (χ4n) is 3.35. The Hall–Kier alpha value is -0.820. The summed E-state index contributed by atoms with van der Waals surface area (Å²) in [5, 5.41) is 0. The van der Waals surface area contributed by atoms with Crippen molar-refractivity contribution in [2.24, 2.45) is 0 Å². The van der Waals surface area contributed by atoms with Crippen molar-refractivity contribution in [2.45, 2.75) is 96.9 Å². The molecule has 1 aromatic rings. The van der Waals surface area contributed by atoms with Crippen LogP contribution in [0, 0.1) is 0 Å². The number of hydrogen-bond donors (Lipinski definition) is 0. The average Bonchev–Trinajstić information content (AvgIpc) is 2.57. The number of benzene rings is 1. The van der Waals surface area contributed by atoms with Crippen LogP contribution in [-0.4, -0.2) is 19.0 Å². The van der Waals surface area contributed by atoms with Crippen LogP contribution in [0.15, 0.2) is 24.3 Å². The summed E-state index contributed by atoms with van der Waals surface area (Å²) in [5.41, 5.74) is 2.92. The van der Waals surface area contributed by atoms with Crippen LogP contribution in [0.5, 0.6) is 0 Å². The van der Waals surface area contributed by atoms with Crippen LogP contribution in [0.4, 0.5) is 0 Å². The predicted octanol–water partition coefficient (Wildman–Crippen LogP) is 6.99. The highest BCUT2D eigenvalue weighted by molar-refractivity contribution is 5.22. The second kappa shape index (κ2) is 14.5. The Balaban J connectivity index is 1.91. The highest BCUT2D eigenvalue weighted by Crippen LogP contribution is 2.14. The van der Waals surface area contributed by atoms with Gasteiger partial charge in [-0.05, 0) is 38.1 Å². The van der Waals surface area contributed by atoms with Crippen molar-refractivity contribution in [3.63, 3.8) is 0 Å². The van der Waals surface area contributed by atoms with E-state index in [9.17, 15) is 0 Å². The van der Waals surface area contributed by atoms with Crippen LogP contribution in [-0.2, 0) is 13.0 Å². The molecular weight excluding hydrogens is 290 g/mol. The summed E-state index contributed by atoms with van der Waals surface area (Å²) < 4.78 is 0. The second-order valence-corrected chi connectivity index (χ2v) is 7.69. The van der Waals surface area contributed by atoms with Crippen LogP contribution >= 0.6 is 0 Å². The summed E-state index contributed by atoms with van der Waals surface area (Å²) in [6.07, 6.45) is 18.4. The van der Waals surface area contributed by atoms with E-state index >= 15 is 0 Å². The Morgan fingerprint density at radius 2 is 1.00 bits per heavy atom. The van der Waals surface area contributed by atoms with Crippen molar-refractivity contribution in [1.29, 1.82) is 0 Å².